The number of H-pyrrole nitrogens is 1. The smallest absolute Gasteiger partial charge is 0.303 e. The third-order valence-corrected chi connectivity index (χ3v) is 2.83. The van der Waals surface area contributed by atoms with Crippen molar-refractivity contribution in [2.45, 2.75) is 12.8 Å². The van der Waals surface area contributed by atoms with E-state index in [1.54, 1.807) is 0 Å². The molecular weight excluding hydrogens is 320 g/mol. The minimum Gasteiger partial charge on any atom is -0.481 e. The van der Waals surface area contributed by atoms with E-state index in [1.165, 1.54) is 30.5 Å². The van der Waals surface area contributed by atoms with Crippen LogP contribution in [0.1, 0.15) is 17.7 Å². The molecule has 1 aromatic carbocycles. The van der Waals surface area contributed by atoms with Crippen LogP contribution in [0.4, 0.5) is 11.6 Å². The van der Waals surface area contributed by atoms with Gasteiger partial charge in [-0.05, 0) is 17.7 Å². The monoisotopic (exact) mass is 332 g/mol. The van der Waals surface area contributed by atoms with Crippen LogP contribution in [0.5, 0.6) is 0 Å². The van der Waals surface area contributed by atoms with Gasteiger partial charge in [-0.2, -0.15) is 5.10 Å². The summed E-state index contributed by atoms with van der Waals surface area (Å²) >= 11 is 0. The summed E-state index contributed by atoms with van der Waals surface area (Å²) in [5, 5.41) is 30.2. The first-order valence-electron chi connectivity index (χ1n) is 6.67. The minimum atomic E-state index is -1.04. The molecule has 11 heteroatoms. The Bertz CT molecular complexity index is 829. The molecule has 0 radical (unpaired) electrons. The number of aryl methyl sites for hydroxylation is 1. The maximum absolute atomic E-state index is 11.7. The molecule has 1 heterocycles. The Morgan fingerprint density at radius 3 is 2.67 bits per heavy atom. The van der Waals surface area contributed by atoms with Crippen molar-refractivity contribution in [2.24, 2.45) is 5.10 Å². The van der Waals surface area contributed by atoms with Crippen molar-refractivity contribution in [1.82, 2.24) is 15.2 Å². The van der Waals surface area contributed by atoms with Crippen LogP contribution in [0.25, 0.3) is 0 Å². The largest absolute Gasteiger partial charge is 0.481 e. The molecule has 0 aliphatic heterocycles. The predicted molar refractivity (Wildman–Crippen MR) is 82.9 cm³/mol. The zero-order valence-corrected chi connectivity index (χ0v) is 12.2. The summed E-state index contributed by atoms with van der Waals surface area (Å²) in [4.78, 5) is 34.5. The van der Waals surface area contributed by atoms with Gasteiger partial charge in [0.25, 0.3) is 11.2 Å². The van der Waals surface area contributed by atoms with Crippen molar-refractivity contribution in [3.05, 3.63) is 56.0 Å². The number of anilines is 1. The fourth-order valence-corrected chi connectivity index (χ4v) is 1.65. The van der Waals surface area contributed by atoms with Crippen LogP contribution in [0.3, 0.4) is 0 Å². The number of benzene rings is 1. The maximum atomic E-state index is 11.7. The number of carbonyl (C=O) groups is 1. The van der Waals surface area contributed by atoms with Gasteiger partial charge in [-0.15, -0.1) is 10.2 Å². The summed E-state index contributed by atoms with van der Waals surface area (Å²) < 4.78 is 0. The molecule has 0 atom stereocenters. The number of non-ortho nitro benzene ring substituents is 1. The first kappa shape index (κ1) is 16.7. The Morgan fingerprint density at radius 2 is 2.08 bits per heavy atom. The standard InChI is InChI=1S/C13H12N6O5/c20-11(21)6-5-10-12(22)15-13(18-16-10)17-14-7-8-1-3-9(4-2-8)19(23)24/h1-4,7H,5-6H2,(H,20,21)(H2,15,17,18,22)/b14-7+. The first-order valence-corrected chi connectivity index (χ1v) is 6.67. The lowest BCUT2D eigenvalue weighted by Gasteiger charge is -2.00. The Labute approximate surface area is 134 Å². The highest BCUT2D eigenvalue weighted by Gasteiger charge is 2.07. The number of nitrogens with one attached hydrogen (secondary N) is 2. The number of nitro groups is 1. The normalized spacial score (nSPS) is 10.7. The van der Waals surface area contributed by atoms with E-state index in [1.807, 2.05) is 0 Å². The van der Waals surface area contributed by atoms with E-state index >= 15 is 0 Å². The third kappa shape index (κ3) is 4.69. The molecule has 3 N–H and O–H groups in total. The van der Waals surface area contributed by atoms with Gasteiger partial charge in [0.2, 0.25) is 5.95 Å². The summed E-state index contributed by atoms with van der Waals surface area (Å²) in [5.74, 6) is -1.05. The summed E-state index contributed by atoms with van der Waals surface area (Å²) in [7, 11) is 0. The maximum Gasteiger partial charge on any atom is 0.303 e. The van der Waals surface area contributed by atoms with Gasteiger partial charge in [0.05, 0.1) is 17.6 Å². The van der Waals surface area contributed by atoms with Gasteiger partial charge in [-0.1, -0.05) is 0 Å². The highest BCUT2D eigenvalue weighted by Crippen LogP contribution is 2.10. The van der Waals surface area contributed by atoms with Crippen molar-refractivity contribution in [2.75, 3.05) is 5.43 Å². The topological polar surface area (TPSA) is 163 Å². The van der Waals surface area contributed by atoms with Crippen LogP contribution >= 0.6 is 0 Å². The molecule has 11 nitrogen and oxygen atoms in total. The average Bonchev–Trinajstić information content (AvgIpc) is 2.54. The van der Waals surface area contributed by atoms with E-state index in [-0.39, 0.29) is 30.2 Å². The number of nitrogens with zero attached hydrogens (tertiary/aromatic N) is 4. The van der Waals surface area contributed by atoms with Crippen LogP contribution in [0.2, 0.25) is 0 Å². The minimum absolute atomic E-state index is 0.0160. The summed E-state index contributed by atoms with van der Waals surface area (Å²) in [5.41, 5.74) is 2.48. The number of hydrazone groups is 1. The lowest BCUT2D eigenvalue weighted by atomic mass is 10.2. The number of aliphatic carboxylic acids is 1. The van der Waals surface area contributed by atoms with Crippen LogP contribution in [-0.2, 0) is 11.2 Å². The third-order valence-electron chi connectivity index (χ3n) is 2.83. The Balaban J connectivity index is 1.98. The molecule has 0 saturated carbocycles. The molecule has 0 saturated heterocycles. The van der Waals surface area contributed by atoms with Gasteiger partial charge in [0.1, 0.15) is 5.69 Å². The SMILES string of the molecule is O=C(O)CCc1nnc(N/N=C/c2ccc([N+](=O)[O-])cc2)[nH]c1=O. The lowest BCUT2D eigenvalue weighted by molar-refractivity contribution is -0.384. The molecule has 124 valence electrons. The molecule has 0 amide bonds. The molecule has 1 aromatic heterocycles. The van der Waals surface area contributed by atoms with Crippen LogP contribution < -0.4 is 11.0 Å². The number of hydrogen-bond donors (Lipinski definition) is 3. The highest BCUT2D eigenvalue weighted by molar-refractivity contribution is 5.80. The van der Waals surface area contributed by atoms with E-state index in [2.05, 4.69) is 25.7 Å². The number of hydrogen-bond acceptors (Lipinski definition) is 8. The van der Waals surface area contributed by atoms with Gasteiger partial charge in [0, 0.05) is 18.6 Å². The Hall–Kier alpha value is -3.63. The van der Waals surface area contributed by atoms with E-state index in [4.69, 9.17) is 5.11 Å². The number of carboxylic acids is 1. The molecule has 24 heavy (non-hydrogen) atoms. The van der Waals surface area contributed by atoms with E-state index in [0.29, 0.717) is 5.56 Å². The number of carboxylic acid groups (broad SMARTS) is 1. The van der Waals surface area contributed by atoms with Gasteiger partial charge in [-0.3, -0.25) is 24.7 Å². The molecular formula is C13H12N6O5. The van der Waals surface area contributed by atoms with Gasteiger partial charge in [-0.25, -0.2) is 5.43 Å². The molecule has 0 aliphatic carbocycles. The van der Waals surface area contributed by atoms with Crippen LogP contribution in [0, 0.1) is 10.1 Å². The molecule has 0 aliphatic rings. The Morgan fingerprint density at radius 1 is 1.38 bits per heavy atom. The van der Waals surface area contributed by atoms with Crippen molar-refractivity contribution in [3.63, 3.8) is 0 Å². The summed E-state index contributed by atoms with van der Waals surface area (Å²) in [6.07, 6.45) is 1.13. The van der Waals surface area contributed by atoms with Crippen molar-refractivity contribution in [1.29, 1.82) is 0 Å². The molecule has 0 fully saturated rings. The molecule has 0 spiro atoms. The van der Waals surface area contributed by atoms with Crippen molar-refractivity contribution < 1.29 is 14.8 Å². The fraction of sp³-hybridized carbons (Fsp3) is 0.154. The second kappa shape index (κ2) is 7.58. The van der Waals surface area contributed by atoms with Crippen LogP contribution in [-0.4, -0.2) is 37.4 Å². The molecule has 0 bridgehead atoms. The van der Waals surface area contributed by atoms with E-state index in [0.717, 1.165) is 0 Å². The summed E-state index contributed by atoms with van der Waals surface area (Å²) in [6, 6.07) is 5.68. The first-order chi connectivity index (χ1) is 11.5. The second-order valence-electron chi connectivity index (χ2n) is 4.56. The quantitative estimate of drug-likeness (QED) is 0.375. The molecule has 2 rings (SSSR count). The molecule has 0 unspecified atom stereocenters. The number of aromatic nitrogens is 3. The average molecular weight is 332 g/mol. The summed E-state index contributed by atoms with van der Waals surface area (Å²) in [6.45, 7) is 0. The second-order valence-corrected chi connectivity index (χ2v) is 4.56. The number of rotatable bonds is 7. The van der Waals surface area contributed by atoms with Crippen molar-refractivity contribution >= 4 is 23.8 Å². The Kier molecular flexibility index (Phi) is 5.28. The van der Waals surface area contributed by atoms with Crippen molar-refractivity contribution in [3.8, 4) is 0 Å². The highest BCUT2D eigenvalue weighted by atomic mass is 16.6. The zero-order chi connectivity index (χ0) is 17.5. The van der Waals surface area contributed by atoms with Crippen LogP contribution in [0.15, 0.2) is 34.2 Å². The van der Waals surface area contributed by atoms with E-state index < -0.39 is 16.5 Å². The van der Waals surface area contributed by atoms with E-state index in [9.17, 15) is 19.7 Å². The van der Waals surface area contributed by atoms with Gasteiger partial charge in [0.15, 0.2) is 0 Å². The lowest BCUT2D eigenvalue weighted by Crippen LogP contribution is -2.19. The van der Waals surface area contributed by atoms with Gasteiger partial charge >= 0.3 is 5.97 Å². The fourth-order valence-electron chi connectivity index (χ4n) is 1.65. The zero-order valence-electron chi connectivity index (χ0n) is 12.2. The number of nitro benzene ring substituents is 1. The predicted octanol–water partition coefficient (Wildman–Crippen LogP) is 0.536. The number of aromatic amines is 1. The van der Waals surface area contributed by atoms with Gasteiger partial charge < -0.3 is 5.11 Å². The molecule has 2 aromatic rings.